The zero-order valence-electron chi connectivity index (χ0n) is 10.3. The van der Waals surface area contributed by atoms with Crippen molar-refractivity contribution in [3.8, 4) is 0 Å². The van der Waals surface area contributed by atoms with Crippen molar-refractivity contribution in [2.75, 3.05) is 19.6 Å². The van der Waals surface area contributed by atoms with Gasteiger partial charge in [-0.25, -0.2) is 0 Å². The van der Waals surface area contributed by atoms with Crippen molar-refractivity contribution in [1.82, 2.24) is 4.90 Å². The molecule has 0 saturated carbocycles. The Hall–Kier alpha value is -0.570. The van der Waals surface area contributed by atoms with Crippen molar-refractivity contribution in [2.45, 2.75) is 40.0 Å². The van der Waals surface area contributed by atoms with E-state index in [0.29, 0.717) is 11.8 Å². The summed E-state index contributed by atoms with van der Waals surface area (Å²) in [6.07, 6.45) is 2.79. The molecule has 15 heavy (non-hydrogen) atoms. The Bertz CT molecular complexity index is 220. The Kier molecular flexibility index (Phi) is 4.14. The van der Waals surface area contributed by atoms with Gasteiger partial charge in [-0.1, -0.05) is 20.8 Å². The fourth-order valence-corrected chi connectivity index (χ4v) is 2.02. The molecule has 0 aliphatic carbocycles. The first-order valence-electron chi connectivity index (χ1n) is 5.93. The minimum absolute atomic E-state index is 0.248. The van der Waals surface area contributed by atoms with Gasteiger partial charge < -0.3 is 10.6 Å². The van der Waals surface area contributed by atoms with Crippen LogP contribution in [0, 0.1) is 11.3 Å². The van der Waals surface area contributed by atoms with E-state index in [1.807, 2.05) is 4.90 Å². The van der Waals surface area contributed by atoms with Crippen molar-refractivity contribution in [1.29, 1.82) is 0 Å². The highest BCUT2D eigenvalue weighted by molar-refractivity contribution is 5.78. The number of likely N-dealkylation sites (tertiary alicyclic amines) is 1. The lowest BCUT2D eigenvalue weighted by atomic mass is 9.80. The van der Waals surface area contributed by atoms with Crippen molar-refractivity contribution < 1.29 is 4.79 Å². The molecule has 1 heterocycles. The summed E-state index contributed by atoms with van der Waals surface area (Å²) in [5, 5.41) is 0. The molecule has 1 atom stereocenters. The molecule has 1 amide bonds. The molecule has 0 aromatic carbocycles. The minimum atomic E-state index is 0.248. The van der Waals surface area contributed by atoms with Crippen LogP contribution in [0.2, 0.25) is 0 Å². The number of hydrogen-bond acceptors (Lipinski definition) is 2. The minimum Gasteiger partial charge on any atom is -0.342 e. The van der Waals surface area contributed by atoms with Gasteiger partial charge in [-0.3, -0.25) is 4.79 Å². The molecule has 1 saturated heterocycles. The van der Waals surface area contributed by atoms with E-state index in [1.54, 1.807) is 0 Å². The molecule has 0 radical (unpaired) electrons. The SMILES string of the molecule is CC(C)(C)C1CC(=O)N(CCCCN)C1. The predicted octanol–water partition coefficient (Wildman–Crippen LogP) is 1.62. The molecule has 1 aliphatic rings. The molecule has 0 bridgehead atoms. The molecule has 3 heteroatoms. The Morgan fingerprint density at radius 2 is 2.07 bits per heavy atom. The normalized spacial score (nSPS) is 22.5. The summed E-state index contributed by atoms with van der Waals surface area (Å²) in [6.45, 7) is 9.21. The first-order valence-corrected chi connectivity index (χ1v) is 5.93. The summed E-state index contributed by atoms with van der Waals surface area (Å²) in [5.41, 5.74) is 5.69. The van der Waals surface area contributed by atoms with Crippen LogP contribution in [0.1, 0.15) is 40.0 Å². The first kappa shape index (κ1) is 12.5. The van der Waals surface area contributed by atoms with E-state index >= 15 is 0 Å². The van der Waals surface area contributed by atoms with Crippen LogP contribution in [0.4, 0.5) is 0 Å². The van der Waals surface area contributed by atoms with E-state index in [-0.39, 0.29) is 5.41 Å². The zero-order chi connectivity index (χ0) is 11.5. The maximum atomic E-state index is 11.7. The number of nitrogens with two attached hydrogens (primary N) is 1. The van der Waals surface area contributed by atoms with Gasteiger partial charge in [0.05, 0.1) is 0 Å². The van der Waals surface area contributed by atoms with Crippen LogP contribution < -0.4 is 5.73 Å². The Balaban J connectivity index is 2.39. The van der Waals surface area contributed by atoms with Crippen LogP contribution in [-0.4, -0.2) is 30.4 Å². The number of hydrogen-bond donors (Lipinski definition) is 1. The van der Waals surface area contributed by atoms with Crippen LogP contribution in [0.25, 0.3) is 0 Å². The summed E-state index contributed by atoms with van der Waals surface area (Å²) < 4.78 is 0. The molecule has 0 aromatic rings. The van der Waals surface area contributed by atoms with E-state index in [0.717, 1.165) is 38.9 Å². The number of carbonyl (C=O) groups is 1. The number of nitrogens with zero attached hydrogens (tertiary/aromatic N) is 1. The second-order valence-corrected chi connectivity index (χ2v) is 5.60. The van der Waals surface area contributed by atoms with Crippen LogP contribution >= 0.6 is 0 Å². The standard InChI is InChI=1S/C12H24N2O/c1-12(2,3)10-8-11(15)14(9-10)7-5-4-6-13/h10H,4-9,13H2,1-3H3. The Labute approximate surface area is 93.0 Å². The third-order valence-corrected chi connectivity index (χ3v) is 3.32. The van der Waals surface area contributed by atoms with Gasteiger partial charge in [-0.15, -0.1) is 0 Å². The summed E-state index contributed by atoms with van der Waals surface area (Å²) in [7, 11) is 0. The van der Waals surface area contributed by atoms with Crippen LogP contribution in [-0.2, 0) is 4.79 Å². The van der Waals surface area contributed by atoms with Gasteiger partial charge in [0.15, 0.2) is 0 Å². The smallest absolute Gasteiger partial charge is 0.222 e. The highest BCUT2D eigenvalue weighted by Crippen LogP contribution is 2.34. The van der Waals surface area contributed by atoms with E-state index < -0.39 is 0 Å². The van der Waals surface area contributed by atoms with Crippen molar-refractivity contribution in [3.63, 3.8) is 0 Å². The number of carbonyl (C=O) groups excluding carboxylic acids is 1. The van der Waals surface area contributed by atoms with Crippen LogP contribution in [0.3, 0.4) is 0 Å². The van der Waals surface area contributed by atoms with Gasteiger partial charge in [0.1, 0.15) is 0 Å². The fraction of sp³-hybridized carbons (Fsp3) is 0.917. The van der Waals surface area contributed by atoms with Gasteiger partial charge in [0.2, 0.25) is 5.91 Å². The molecule has 88 valence electrons. The lowest BCUT2D eigenvalue weighted by molar-refractivity contribution is -0.127. The Morgan fingerprint density at radius 1 is 1.40 bits per heavy atom. The average molecular weight is 212 g/mol. The molecule has 1 aliphatic heterocycles. The van der Waals surface area contributed by atoms with Crippen molar-refractivity contribution >= 4 is 5.91 Å². The largest absolute Gasteiger partial charge is 0.342 e. The third-order valence-electron chi connectivity index (χ3n) is 3.32. The molecule has 3 nitrogen and oxygen atoms in total. The molecular weight excluding hydrogens is 188 g/mol. The first-order chi connectivity index (χ1) is 6.95. The zero-order valence-corrected chi connectivity index (χ0v) is 10.3. The molecule has 2 N–H and O–H groups in total. The van der Waals surface area contributed by atoms with Crippen molar-refractivity contribution in [3.05, 3.63) is 0 Å². The van der Waals surface area contributed by atoms with E-state index in [2.05, 4.69) is 20.8 Å². The van der Waals surface area contributed by atoms with Gasteiger partial charge in [-0.2, -0.15) is 0 Å². The lowest BCUT2D eigenvalue weighted by Gasteiger charge is -2.26. The maximum absolute atomic E-state index is 11.7. The average Bonchev–Trinajstić information content (AvgIpc) is 2.48. The summed E-state index contributed by atoms with van der Waals surface area (Å²) in [5.74, 6) is 0.842. The van der Waals surface area contributed by atoms with Crippen molar-refractivity contribution in [2.24, 2.45) is 17.1 Å². The second-order valence-electron chi connectivity index (χ2n) is 5.60. The molecule has 1 fully saturated rings. The van der Waals surface area contributed by atoms with Crippen LogP contribution in [0.5, 0.6) is 0 Å². The molecular formula is C12H24N2O. The fourth-order valence-electron chi connectivity index (χ4n) is 2.02. The Morgan fingerprint density at radius 3 is 2.53 bits per heavy atom. The topological polar surface area (TPSA) is 46.3 Å². The number of unbranched alkanes of at least 4 members (excludes halogenated alkanes) is 1. The highest BCUT2D eigenvalue weighted by Gasteiger charge is 2.36. The van der Waals surface area contributed by atoms with Crippen LogP contribution in [0.15, 0.2) is 0 Å². The van der Waals surface area contributed by atoms with Gasteiger partial charge in [0, 0.05) is 19.5 Å². The summed E-state index contributed by atoms with van der Waals surface area (Å²) in [6, 6.07) is 0. The van der Waals surface area contributed by atoms with Gasteiger partial charge >= 0.3 is 0 Å². The monoisotopic (exact) mass is 212 g/mol. The maximum Gasteiger partial charge on any atom is 0.222 e. The van der Waals surface area contributed by atoms with E-state index in [1.165, 1.54) is 0 Å². The summed E-state index contributed by atoms with van der Waals surface area (Å²) >= 11 is 0. The quantitative estimate of drug-likeness (QED) is 0.720. The van der Waals surface area contributed by atoms with Gasteiger partial charge in [0.25, 0.3) is 0 Å². The number of rotatable bonds is 4. The molecule has 0 aromatic heterocycles. The lowest BCUT2D eigenvalue weighted by Crippen LogP contribution is -2.28. The molecule has 0 spiro atoms. The summed E-state index contributed by atoms with van der Waals surface area (Å²) in [4.78, 5) is 13.7. The molecule has 1 rings (SSSR count). The molecule has 1 unspecified atom stereocenters. The van der Waals surface area contributed by atoms with Gasteiger partial charge in [-0.05, 0) is 30.7 Å². The third kappa shape index (κ3) is 3.49. The highest BCUT2D eigenvalue weighted by atomic mass is 16.2. The van der Waals surface area contributed by atoms with E-state index in [4.69, 9.17) is 5.73 Å². The predicted molar refractivity (Wildman–Crippen MR) is 62.4 cm³/mol. The second kappa shape index (κ2) is 4.97. The van der Waals surface area contributed by atoms with E-state index in [9.17, 15) is 4.79 Å². The number of amides is 1.